The molecule has 0 amide bonds. The minimum atomic E-state index is -4.17. The number of sulfonamides is 1. The largest absolute Gasteiger partial charge is 0.350 e. The van der Waals surface area contributed by atoms with Gasteiger partial charge in [-0.1, -0.05) is 63.9 Å². The molecule has 31 heavy (non-hydrogen) atoms. The van der Waals surface area contributed by atoms with Crippen LogP contribution in [0.3, 0.4) is 0 Å². The molecule has 0 heterocycles. The molecule has 0 unspecified atom stereocenters. The Labute approximate surface area is 195 Å². The van der Waals surface area contributed by atoms with Crippen molar-refractivity contribution in [1.29, 1.82) is 0 Å². The Morgan fingerprint density at radius 3 is 2.29 bits per heavy atom. The molecule has 0 bridgehead atoms. The van der Waals surface area contributed by atoms with E-state index in [1.807, 2.05) is 30.3 Å². The van der Waals surface area contributed by atoms with Crippen molar-refractivity contribution >= 4 is 61.6 Å². The Balaban J connectivity index is 2.24. The van der Waals surface area contributed by atoms with Gasteiger partial charge in [0.15, 0.2) is 0 Å². The van der Waals surface area contributed by atoms with Gasteiger partial charge in [0.05, 0.1) is 23.8 Å². The minimum absolute atomic E-state index is 0.0423. The zero-order valence-electron chi connectivity index (χ0n) is 17.0. The van der Waals surface area contributed by atoms with Crippen LogP contribution >= 0.6 is 35.1 Å². The first kappa shape index (κ1) is 24.2. The summed E-state index contributed by atoms with van der Waals surface area (Å²) in [7, 11) is -7.93. The Morgan fingerprint density at radius 2 is 1.65 bits per heavy atom. The summed E-state index contributed by atoms with van der Waals surface area (Å²) in [6.45, 7) is 3.58. The number of fused-ring (bicyclic) bond motifs is 1. The third-order valence-corrected chi connectivity index (χ3v) is 8.95. The summed E-state index contributed by atoms with van der Waals surface area (Å²) in [6.07, 6.45) is -0.477. The quantitative estimate of drug-likeness (QED) is 0.280. The molecule has 0 aliphatic heterocycles. The molecule has 0 fully saturated rings. The van der Waals surface area contributed by atoms with Crippen LogP contribution in [0.15, 0.2) is 70.0 Å². The maximum absolute atomic E-state index is 13.8. The second kappa shape index (κ2) is 10.0. The first-order valence-corrected chi connectivity index (χ1v) is 13.9. The summed E-state index contributed by atoms with van der Waals surface area (Å²) in [5.74, 6) is 0. The topological polar surface area (TPSA) is 72.9 Å². The highest BCUT2D eigenvalue weighted by Crippen LogP contribution is 2.51. The van der Waals surface area contributed by atoms with E-state index in [9.17, 15) is 13.0 Å². The molecule has 10 heteroatoms. The lowest BCUT2D eigenvalue weighted by atomic mass is 10.1. The molecule has 0 saturated heterocycles. The van der Waals surface area contributed by atoms with Crippen molar-refractivity contribution in [3.63, 3.8) is 0 Å². The van der Waals surface area contributed by atoms with Crippen LogP contribution in [0, 0.1) is 0 Å². The molecule has 3 aromatic rings. The summed E-state index contributed by atoms with van der Waals surface area (Å²) in [4.78, 5) is -0.0423. The molecule has 166 valence electrons. The van der Waals surface area contributed by atoms with Crippen molar-refractivity contribution in [3.05, 3.63) is 70.2 Å². The van der Waals surface area contributed by atoms with Crippen molar-refractivity contribution in [1.82, 2.24) is 0 Å². The highest BCUT2D eigenvalue weighted by Gasteiger charge is 2.36. The number of anilines is 1. The van der Waals surface area contributed by atoms with Gasteiger partial charge in [-0.3, -0.25) is 8.87 Å². The van der Waals surface area contributed by atoms with Crippen LogP contribution in [0.4, 0.5) is 5.69 Å². The first-order chi connectivity index (χ1) is 14.7. The molecule has 0 saturated carbocycles. The number of benzene rings is 3. The fourth-order valence-electron chi connectivity index (χ4n) is 3.18. The van der Waals surface area contributed by atoms with Gasteiger partial charge in [-0.2, -0.15) is 0 Å². The van der Waals surface area contributed by atoms with Crippen LogP contribution in [-0.4, -0.2) is 27.9 Å². The Bertz CT molecular complexity index is 1200. The zero-order chi connectivity index (χ0) is 22.6. The number of rotatable bonds is 9. The molecule has 0 radical (unpaired) electrons. The van der Waals surface area contributed by atoms with Gasteiger partial charge in [-0.15, -0.1) is 0 Å². The van der Waals surface area contributed by atoms with Crippen LogP contribution in [0.25, 0.3) is 10.8 Å². The lowest BCUT2D eigenvalue weighted by Gasteiger charge is -2.29. The van der Waals surface area contributed by atoms with Crippen molar-refractivity contribution < 1.29 is 22.0 Å². The second-order valence-corrected chi connectivity index (χ2v) is 11.8. The van der Waals surface area contributed by atoms with Crippen molar-refractivity contribution in [2.24, 2.45) is 0 Å². The van der Waals surface area contributed by atoms with Crippen LogP contribution in [0.2, 0.25) is 5.02 Å². The lowest BCUT2D eigenvalue weighted by Crippen LogP contribution is -2.33. The molecule has 0 aromatic heterocycles. The maximum Gasteiger partial charge on any atom is 0.350 e. The summed E-state index contributed by atoms with van der Waals surface area (Å²) in [5, 5.41) is 1.79. The van der Waals surface area contributed by atoms with Gasteiger partial charge in [0.25, 0.3) is 10.0 Å². The molecule has 0 aliphatic rings. The van der Waals surface area contributed by atoms with E-state index in [0.717, 1.165) is 9.69 Å². The number of halogens is 2. The molecule has 6 nitrogen and oxygen atoms in total. The number of nitrogens with zero attached hydrogens (tertiary/aromatic N) is 1. The summed E-state index contributed by atoms with van der Waals surface area (Å²) in [5.41, 5.74) is 0.369. The first-order valence-electron chi connectivity index (χ1n) is 9.55. The third kappa shape index (κ3) is 5.51. The Kier molecular flexibility index (Phi) is 7.84. The molecule has 0 spiro atoms. The molecule has 3 aromatic carbocycles. The van der Waals surface area contributed by atoms with Crippen molar-refractivity contribution in [2.75, 3.05) is 23.8 Å². The average Bonchev–Trinajstić information content (AvgIpc) is 2.71. The van der Waals surface area contributed by atoms with E-state index in [1.54, 1.807) is 32.0 Å². The van der Waals surface area contributed by atoms with Gasteiger partial charge in [0, 0.05) is 14.9 Å². The lowest BCUT2D eigenvalue weighted by molar-refractivity contribution is 0.221. The van der Waals surface area contributed by atoms with Gasteiger partial charge in [-0.25, -0.2) is 8.42 Å². The fourth-order valence-corrected chi connectivity index (χ4v) is 8.01. The van der Waals surface area contributed by atoms with E-state index in [4.69, 9.17) is 20.6 Å². The zero-order valence-corrected chi connectivity index (χ0v) is 21.0. The Morgan fingerprint density at radius 1 is 1.00 bits per heavy atom. The van der Waals surface area contributed by atoms with E-state index in [2.05, 4.69) is 15.9 Å². The molecular weight excluding hydrogens is 525 g/mol. The van der Waals surface area contributed by atoms with Crippen LogP contribution in [-0.2, 0) is 23.6 Å². The van der Waals surface area contributed by atoms with Gasteiger partial charge in [0.2, 0.25) is 0 Å². The fraction of sp³-hybridized carbons (Fsp3) is 0.238. The van der Waals surface area contributed by atoms with E-state index in [-0.39, 0.29) is 23.1 Å². The normalized spacial score (nSPS) is 12.3. The highest BCUT2D eigenvalue weighted by atomic mass is 79.9. The SMILES string of the molecule is CCOP(=O)(CN(c1cccc2ccccc12)S(=O)(=O)c1cc(Cl)cc(Br)c1)OCC. The standard InChI is InChI=1S/C21H22BrClNO5PS/c1-3-28-30(25,29-4-2)15-24(21-11-7-9-16-8-5-6-10-20(16)21)31(26,27)19-13-17(22)12-18(23)14-19/h5-14H,3-4,15H2,1-2H3. The molecule has 0 atom stereocenters. The molecule has 0 aliphatic carbocycles. The monoisotopic (exact) mass is 545 g/mol. The predicted octanol–water partition coefficient (Wildman–Crippen LogP) is 6.67. The molecule has 0 N–H and O–H groups in total. The second-order valence-electron chi connectivity index (χ2n) is 6.54. The smallest absolute Gasteiger partial charge is 0.308 e. The maximum atomic E-state index is 13.8. The number of hydrogen-bond acceptors (Lipinski definition) is 5. The van der Waals surface area contributed by atoms with Crippen molar-refractivity contribution in [2.45, 2.75) is 18.7 Å². The summed E-state index contributed by atoms with van der Waals surface area (Å²) < 4.78 is 53.3. The van der Waals surface area contributed by atoms with Crippen LogP contribution in [0.1, 0.15) is 13.8 Å². The third-order valence-electron chi connectivity index (χ3n) is 4.41. The highest BCUT2D eigenvalue weighted by molar-refractivity contribution is 9.10. The molecule has 3 rings (SSSR count). The van der Waals surface area contributed by atoms with E-state index in [0.29, 0.717) is 15.5 Å². The van der Waals surface area contributed by atoms with Gasteiger partial charge < -0.3 is 9.05 Å². The van der Waals surface area contributed by atoms with E-state index >= 15 is 0 Å². The molecular formula is C21H22BrClNO5PS. The van der Waals surface area contributed by atoms with Gasteiger partial charge >= 0.3 is 7.60 Å². The van der Waals surface area contributed by atoms with E-state index in [1.165, 1.54) is 12.1 Å². The Hall–Kier alpha value is -1.41. The van der Waals surface area contributed by atoms with E-state index < -0.39 is 23.9 Å². The summed E-state index contributed by atoms with van der Waals surface area (Å²) in [6, 6.07) is 17.1. The van der Waals surface area contributed by atoms with Crippen LogP contribution < -0.4 is 4.31 Å². The van der Waals surface area contributed by atoms with Crippen molar-refractivity contribution in [3.8, 4) is 0 Å². The van der Waals surface area contributed by atoms with Gasteiger partial charge in [0.1, 0.15) is 6.29 Å². The van der Waals surface area contributed by atoms with Gasteiger partial charge in [-0.05, 0) is 43.5 Å². The minimum Gasteiger partial charge on any atom is -0.308 e. The average molecular weight is 547 g/mol. The summed E-state index contributed by atoms with van der Waals surface area (Å²) >= 11 is 9.41. The van der Waals surface area contributed by atoms with Crippen LogP contribution in [0.5, 0.6) is 0 Å². The number of hydrogen-bond donors (Lipinski definition) is 0. The predicted molar refractivity (Wildman–Crippen MR) is 128 cm³/mol.